The first kappa shape index (κ1) is 13.2. The lowest BCUT2D eigenvalue weighted by Gasteiger charge is -2.20. The zero-order valence-corrected chi connectivity index (χ0v) is 11.7. The molecule has 2 aromatic rings. The molecule has 0 bridgehead atoms. The van der Waals surface area contributed by atoms with Crippen LogP contribution in [0.1, 0.15) is 35.2 Å². The Morgan fingerprint density at radius 3 is 2.90 bits per heavy atom. The fraction of sp³-hybridized carbons (Fsp3) is 0.294. The summed E-state index contributed by atoms with van der Waals surface area (Å²) in [5.41, 5.74) is 8.00. The standard InChI is InChI=1S/C17H20N2O/c1-2-12-5-3-4-6-15(12)17(19-18)14-7-8-16-13(11-14)9-10-20-16/h3-8,11,17,19H,2,9-10,18H2,1H3. The Morgan fingerprint density at radius 1 is 1.25 bits per heavy atom. The van der Waals surface area contributed by atoms with Crippen molar-refractivity contribution < 1.29 is 4.74 Å². The van der Waals surface area contributed by atoms with Crippen molar-refractivity contribution in [3.8, 4) is 5.75 Å². The number of hydrogen-bond donors (Lipinski definition) is 2. The predicted octanol–water partition coefficient (Wildman–Crippen LogP) is 2.74. The molecule has 1 unspecified atom stereocenters. The normalized spacial score (nSPS) is 14.7. The van der Waals surface area contributed by atoms with Gasteiger partial charge in [0.2, 0.25) is 0 Å². The van der Waals surface area contributed by atoms with E-state index in [-0.39, 0.29) is 6.04 Å². The van der Waals surface area contributed by atoms with Crippen LogP contribution in [0.4, 0.5) is 0 Å². The Morgan fingerprint density at radius 2 is 2.10 bits per heavy atom. The molecule has 0 fully saturated rings. The minimum absolute atomic E-state index is 0.0250. The molecule has 3 N–H and O–H groups in total. The molecule has 0 radical (unpaired) electrons. The van der Waals surface area contributed by atoms with Crippen LogP contribution in [0.2, 0.25) is 0 Å². The van der Waals surface area contributed by atoms with Crippen LogP contribution in [0.3, 0.4) is 0 Å². The van der Waals surface area contributed by atoms with Crippen LogP contribution < -0.4 is 16.0 Å². The van der Waals surface area contributed by atoms with Crippen molar-refractivity contribution >= 4 is 0 Å². The first-order valence-corrected chi connectivity index (χ1v) is 7.13. The zero-order valence-electron chi connectivity index (χ0n) is 11.7. The van der Waals surface area contributed by atoms with Crippen LogP contribution in [0.15, 0.2) is 42.5 Å². The first-order chi connectivity index (χ1) is 9.83. The zero-order chi connectivity index (χ0) is 13.9. The Bertz CT molecular complexity index is 610. The minimum Gasteiger partial charge on any atom is -0.493 e. The first-order valence-electron chi connectivity index (χ1n) is 7.13. The second-order valence-corrected chi connectivity index (χ2v) is 5.12. The highest BCUT2D eigenvalue weighted by Crippen LogP contribution is 2.31. The number of hydrazine groups is 1. The van der Waals surface area contributed by atoms with Crippen molar-refractivity contribution in [2.24, 2.45) is 5.84 Å². The fourth-order valence-corrected chi connectivity index (χ4v) is 2.89. The molecule has 1 aliphatic heterocycles. The lowest BCUT2D eigenvalue weighted by Crippen LogP contribution is -2.29. The van der Waals surface area contributed by atoms with Crippen LogP contribution in [-0.4, -0.2) is 6.61 Å². The topological polar surface area (TPSA) is 47.3 Å². The van der Waals surface area contributed by atoms with Crippen molar-refractivity contribution in [1.29, 1.82) is 0 Å². The van der Waals surface area contributed by atoms with E-state index in [0.717, 1.165) is 25.2 Å². The van der Waals surface area contributed by atoms with Gasteiger partial charge in [-0.05, 0) is 34.7 Å². The van der Waals surface area contributed by atoms with Crippen molar-refractivity contribution in [2.75, 3.05) is 6.61 Å². The van der Waals surface area contributed by atoms with E-state index in [1.807, 2.05) is 0 Å². The second-order valence-electron chi connectivity index (χ2n) is 5.12. The Labute approximate surface area is 119 Å². The van der Waals surface area contributed by atoms with Gasteiger partial charge < -0.3 is 4.74 Å². The number of nitrogens with two attached hydrogens (primary N) is 1. The number of aryl methyl sites for hydroxylation is 1. The summed E-state index contributed by atoms with van der Waals surface area (Å²) in [5, 5.41) is 0. The number of hydrogen-bond acceptors (Lipinski definition) is 3. The van der Waals surface area contributed by atoms with Crippen molar-refractivity contribution in [2.45, 2.75) is 25.8 Å². The molecule has 1 heterocycles. The molecular formula is C17H20N2O. The third-order valence-electron chi connectivity index (χ3n) is 3.96. The van der Waals surface area contributed by atoms with Gasteiger partial charge in [0.15, 0.2) is 0 Å². The average molecular weight is 268 g/mol. The third-order valence-corrected chi connectivity index (χ3v) is 3.96. The largest absolute Gasteiger partial charge is 0.493 e. The minimum atomic E-state index is 0.0250. The summed E-state index contributed by atoms with van der Waals surface area (Å²) in [7, 11) is 0. The lowest BCUT2D eigenvalue weighted by molar-refractivity contribution is 0.357. The van der Waals surface area contributed by atoms with E-state index < -0.39 is 0 Å². The summed E-state index contributed by atoms with van der Waals surface area (Å²) >= 11 is 0. The van der Waals surface area contributed by atoms with Crippen LogP contribution in [0.5, 0.6) is 5.75 Å². The summed E-state index contributed by atoms with van der Waals surface area (Å²) in [4.78, 5) is 0. The molecule has 3 nitrogen and oxygen atoms in total. The maximum atomic E-state index is 5.82. The number of fused-ring (bicyclic) bond motifs is 1. The summed E-state index contributed by atoms with van der Waals surface area (Å²) in [5.74, 6) is 6.83. The summed E-state index contributed by atoms with van der Waals surface area (Å²) < 4.78 is 5.57. The lowest BCUT2D eigenvalue weighted by atomic mass is 9.92. The molecule has 2 aromatic carbocycles. The number of benzene rings is 2. The maximum absolute atomic E-state index is 5.82. The smallest absolute Gasteiger partial charge is 0.122 e. The molecule has 3 rings (SSSR count). The number of rotatable bonds is 4. The molecule has 0 saturated heterocycles. The van der Waals surface area contributed by atoms with E-state index in [1.54, 1.807) is 0 Å². The molecule has 1 atom stereocenters. The van der Waals surface area contributed by atoms with Gasteiger partial charge in [-0.1, -0.05) is 43.3 Å². The number of nitrogens with one attached hydrogen (secondary N) is 1. The molecule has 0 saturated carbocycles. The van der Waals surface area contributed by atoms with E-state index in [9.17, 15) is 0 Å². The van der Waals surface area contributed by atoms with Crippen molar-refractivity contribution in [3.05, 3.63) is 64.7 Å². The SMILES string of the molecule is CCc1ccccc1C(NN)c1ccc2c(c1)CCO2. The molecule has 3 heteroatoms. The number of ether oxygens (including phenoxy) is 1. The Kier molecular flexibility index (Phi) is 3.72. The molecule has 0 amide bonds. The monoisotopic (exact) mass is 268 g/mol. The second kappa shape index (κ2) is 5.65. The average Bonchev–Trinajstić information content (AvgIpc) is 2.96. The molecule has 0 aromatic heterocycles. The van der Waals surface area contributed by atoms with Crippen molar-refractivity contribution in [3.63, 3.8) is 0 Å². The molecule has 0 spiro atoms. The van der Waals surface area contributed by atoms with E-state index in [0.29, 0.717) is 0 Å². The van der Waals surface area contributed by atoms with Gasteiger partial charge in [0.25, 0.3) is 0 Å². The molecular weight excluding hydrogens is 248 g/mol. The van der Waals surface area contributed by atoms with Gasteiger partial charge in [-0.15, -0.1) is 0 Å². The summed E-state index contributed by atoms with van der Waals surface area (Å²) in [6.45, 7) is 2.95. The van der Waals surface area contributed by atoms with Gasteiger partial charge in [-0.3, -0.25) is 5.84 Å². The van der Waals surface area contributed by atoms with E-state index in [1.165, 1.54) is 22.3 Å². The molecule has 0 aliphatic carbocycles. The van der Waals surface area contributed by atoms with E-state index in [4.69, 9.17) is 10.6 Å². The molecule has 20 heavy (non-hydrogen) atoms. The van der Waals surface area contributed by atoms with E-state index in [2.05, 4.69) is 54.8 Å². The van der Waals surface area contributed by atoms with E-state index >= 15 is 0 Å². The van der Waals surface area contributed by atoms with Crippen LogP contribution in [0, 0.1) is 0 Å². The fourth-order valence-electron chi connectivity index (χ4n) is 2.89. The van der Waals surface area contributed by atoms with Gasteiger partial charge in [0.1, 0.15) is 5.75 Å². The third kappa shape index (κ3) is 2.30. The maximum Gasteiger partial charge on any atom is 0.122 e. The summed E-state index contributed by atoms with van der Waals surface area (Å²) in [6.07, 6.45) is 1.98. The highest BCUT2D eigenvalue weighted by molar-refractivity contribution is 5.44. The summed E-state index contributed by atoms with van der Waals surface area (Å²) in [6, 6.07) is 14.8. The molecule has 104 valence electrons. The van der Waals surface area contributed by atoms with Gasteiger partial charge in [-0.2, -0.15) is 0 Å². The van der Waals surface area contributed by atoms with Gasteiger partial charge in [0, 0.05) is 6.42 Å². The van der Waals surface area contributed by atoms with Gasteiger partial charge in [0.05, 0.1) is 12.6 Å². The quantitative estimate of drug-likeness (QED) is 0.662. The highest BCUT2D eigenvalue weighted by Gasteiger charge is 2.19. The molecule has 1 aliphatic rings. The van der Waals surface area contributed by atoms with Gasteiger partial charge in [-0.25, -0.2) is 5.43 Å². The van der Waals surface area contributed by atoms with Crippen LogP contribution >= 0.6 is 0 Å². The predicted molar refractivity (Wildman–Crippen MR) is 80.6 cm³/mol. The Balaban J connectivity index is 2.01. The van der Waals surface area contributed by atoms with Gasteiger partial charge >= 0.3 is 0 Å². The van der Waals surface area contributed by atoms with Crippen LogP contribution in [0.25, 0.3) is 0 Å². The van der Waals surface area contributed by atoms with Crippen molar-refractivity contribution in [1.82, 2.24) is 5.43 Å². The Hall–Kier alpha value is -1.84. The highest BCUT2D eigenvalue weighted by atomic mass is 16.5. The van der Waals surface area contributed by atoms with Crippen LogP contribution in [-0.2, 0) is 12.8 Å².